The van der Waals surface area contributed by atoms with Gasteiger partial charge in [-0.05, 0) is 12.8 Å². The van der Waals surface area contributed by atoms with Crippen molar-refractivity contribution in [3.05, 3.63) is 0 Å². The number of ether oxygens (including phenoxy) is 2. The van der Waals surface area contributed by atoms with E-state index < -0.39 is 6.10 Å². The lowest BCUT2D eigenvalue weighted by Crippen LogP contribution is -2.28. The highest BCUT2D eigenvalue weighted by Gasteiger charge is 2.16. The van der Waals surface area contributed by atoms with Crippen molar-refractivity contribution in [1.82, 2.24) is 0 Å². The second kappa shape index (κ2) is 26.5. The molecule has 0 fully saturated rings. The van der Waals surface area contributed by atoms with Crippen LogP contribution in [0.15, 0.2) is 0 Å². The van der Waals surface area contributed by atoms with E-state index in [1.807, 2.05) is 0 Å². The summed E-state index contributed by atoms with van der Waals surface area (Å²) in [5.74, 6) is -0.599. The molecule has 0 saturated heterocycles. The van der Waals surface area contributed by atoms with Crippen LogP contribution in [0.1, 0.15) is 155 Å². The molecule has 0 saturated carbocycles. The molecule has 0 aromatic heterocycles. The van der Waals surface area contributed by atoms with E-state index in [2.05, 4.69) is 13.8 Å². The van der Waals surface area contributed by atoms with Gasteiger partial charge in [-0.15, -0.1) is 0 Å². The normalized spacial score (nSPS) is 12.0. The Labute approximate surface area is 210 Å². The SMILES string of the molecule is CCCCCCCCCCCCCCCCCC(=O)OC[C@H](CO)OC(=O)CCCCCCC. The fourth-order valence-electron chi connectivity index (χ4n) is 4.14. The third-order valence-corrected chi connectivity index (χ3v) is 6.40. The maximum atomic E-state index is 11.9. The number of hydrogen-bond acceptors (Lipinski definition) is 5. The monoisotopic (exact) mass is 484 g/mol. The van der Waals surface area contributed by atoms with Gasteiger partial charge in [0.15, 0.2) is 6.10 Å². The molecule has 0 unspecified atom stereocenters. The van der Waals surface area contributed by atoms with Crippen molar-refractivity contribution in [2.45, 2.75) is 161 Å². The molecule has 0 aliphatic rings. The predicted molar refractivity (Wildman–Crippen MR) is 141 cm³/mol. The van der Waals surface area contributed by atoms with E-state index in [1.54, 1.807) is 0 Å². The van der Waals surface area contributed by atoms with Crippen LogP contribution in [0.3, 0.4) is 0 Å². The zero-order valence-electron chi connectivity index (χ0n) is 22.6. The van der Waals surface area contributed by atoms with Crippen LogP contribution in [0.25, 0.3) is 0 Å². The molecule has 0 aromatic carbocycles. The second-order valence-electron chi connectivity index (χ2n) is 9.84. The van der Waals surface area contributed by atoms with Crippen LogP contribution in [0, 0.1) is 0 Å². The smallest absolute Gasteiger partial charge is 0.306 e. The third kappa shape index (κ3) is 24.0. The molecule has 0 spiro atoms. The maximum absolute atomic E-state index is 11.9. The van der Waals surface area contributed by atoms with Crippen molar-refractivity contribution in [3.63, 3.8) is 0 Å². The van der Waals surface area contributed by atoms with Gasteiger partial charge in [-0.3, -0.25) is 9.59 Å². The summed E-state index contributed by atoms with van der Waals surface area (Å²) in [4.78, 5) is 23.8. The first kappa shape index (κ1) is 32.9. The number of hydrogen-bond donors (Lipinski definition) is 1. The van der Waals surface area contributed by atoms with Crippen LogP contribution in [0.5, 0.6) is 0 Å². The Morgan fingerprint density at radius 2 is 0.912 bits per heavy atom. The van der Waals surface area contributed by atoms with E-state index in [1.165, 1.54) is 96.3 Å². The minimum Gasteiger partial charge on any atom is -0.462 e. The Morgan fingerprint density at radius 1 is 0.559 bits per heavy atom. The van der Waals surface area contributed by atoms with Gasteiger partial charge in [0.05, 0.1) is 6.61 Å². The van der Waals surface area contributed by atoms with Crippen LogP contribution >= 0.6 is 0 Å². The molecule has 1 N–H and O–H groups in total. The first-order valence-corrected chi connectivity index (χ1v) is 14.6. The minimum atomic E-state index is -0.756. The summed E-state index contributed by atoms with van der Waals surface area (Å²) in [6.07, 6.45) is 24.7. The van der Waals surface area contributed by atoms with Gasteiger partial charge in [0, 0.05) is 12.8 Å². The van der Waals surface area contributed by atoms with Gasteiger partial charge >= 0.3 is 11.9 Å². The van der Waals surface area contributed by atoms with E-state index in [0.29, 0.717) is 12.8 Å². The fraction of sp³-hybridized carbons (Fsp3) is 0.931. The zero-order chi connectivity index (χ0) is 25.1. The van der Waals surface area contributed by atoms with Gasteiger partial charge in [0.2, 0.25) is 0 Å². The number of aliphatic hydroxyl groups excluding tert-OH is 1. The van der Waals surface area contributed by atoms with Crippen molar-refractivity contribution >= 4 is 11.9 Å². The third-order valence-electron chi connectivity index (χ3n) is 6.40. The van der Waals surface area contributed by atoms with E-state index >= 15 is 0 Å². The summed E-state index contributed by atoms with van der Waals surface area (Å²) in [6, 6.07) is 0. The summed E-state index contributed by atoms with van der Waals surface area (Å²) in [6.45, 7) is 4.04. The number of carbonyl (C=O) groups is 2. The molecule has 1 atom stereocenters. The van der Waals surface area contributed by atoms with Crippen LogP contribution < -0.4 is 0 Å². The molecule has 5 heteroatoms. The average Bonchev–Trinajstić information content (AvgIpc) is 2.84. The Bertz CT molecular complexity index is 452. The topological polar surface area (TPSA) is 72.8 Å². The molecule has 0 radical (unpaired) electrons. The molecular formula is C29H56O5. The molecule has 0 aromatic rings. The first-order chi connectivity index (χ1) is 16.6. The number of esters is 2. The van der Waals surface area contributed by atoms with Gasteiger partial charge in [0.1, 0.15) is 6.61 Å². The zero-order valence-corrected chi connectivity index (χ0v) is 22.6. The highest BCUT2D eigenvalue weighted by Crippen LogP contribution is 2.14. The molecule has 0 bridgehead atoms. The summed E-state index contributed by atoms with van der Waals surface area (Å²) < 4.78 is 10.4. The van der Waals surface area contributed by atoms with Crippen molar-refractivity contribution < 1.29 is 24.2 Å². The largest absolute Gasteiger partial charge is 0.462 e. The van der Waals surface area contributed by atoms with Gasteiger partial charge in [-0.1, -0.05) is 129 Å². The summed E-state index contributed by atoms with van der Waals surface area (Å²) in [5, 5.41) is 9.38. The van der Waals surface area contributed by atoms with Crippen LogP contribution in [-0.4, -0.2) is 36.4 Å². The first-order valence-electron chi connectivity index (χ1n) is 14.6. The van der Waals surface area contributed by atoms with E-state index in [9.17, 15) is 14.7 Å². The van der Waals surface area contributed by atoms with Crippen molar-refractivity contribution in [1.29, 1.82) is 0 Å². The molecule has 202 valence electrons. The minimum absolute atomic E-state index is 0.0599. The summed E-state index contributed by atoms with van der Waals surface area (Å²) in [5.41, 5.74) is 0. The molecule has 0 amide bonds. The molecular weight excluding hydrogens is 428 g/mol. The standard InChI is InChI=1S/C29H56O5/c1-3-5-7-9-10-11-12-13-14-15-16-17-18-20-21-23-28(31)33-26-27(25-30)34-29(32)24-22-19-8-6-4-2/h27,30H,3-26H2,1-2H3/t27-/m0/s1. The highest BCUT2D eigenvalue weighted by molar-refractivity contribution is 5.70. The second-order valence-corrected chi connectivity index (χ2v) is 9.84. The Balaban J connectivity index is 3.49. The van der Waals surface area contributed by atoms with Crippen LogP contribution in [-0.2, 0) is 19.1 Å². The van der Waals surface area contributed by atoms with E-state index in [-0.39, 0.29) is 25.2 Å². The van der Waals surface area contributed by atoms with Gasteiger partial charge < -0.3 is 14.6 Å². The Kier molecular flexibility index (Phi) is 25.6. The highest BCUT2D eigenvalue weighted by atomic mass is 16.6. The van der Waals surface area contributed by atoms with Crippen molar-refractivity contribution in [3.8, 4) is 0 Å². The maximum Gasteiger partial charge on any atom is 0.306 e. The number of carbonyl (C=O) groups excluding carboxylic acids is 2. The fourth-order valence-corrected chi connectivity index (χ4v) is 4.14. The molecule has 0 aliphatic heterocycles. The van der Waals surface area contributed by atoms with Crippen LogP contribution in [0.2, 0.25) is 0 Å². The lowest BCUT2D eigenvalue weighted by molar-refractivity contribution is -0.161. The predicted octanol–water partition coefficient (Wildman–Crippen LogP) is 8.06. The lowest BCUT2D eigenvalue weighted by atomic mass is 10.0. The van der Waals surface area contributed by atoms with Gasteiger partial charge in [-0.25, -0.2) is 0 Å². The van der Waals surface area contributed by atoms with E-state index in [0.717, 1.165) is 32.1 Å². The average molecular weight is 485 g/mol. The van der Waals surface area contributed by atoms with E-state index in [4.69, 9.17) is 9.47 Å². The molecule has 34 heavy (non-hydrogen) atoms. The molecule has 0 rings (SSSR count). The number of aliphatic hydroxyl groups is 1. The summed E-state index contributed by atoms with van der Waals surface area (Å²) >= 11 is 0. The van der Waals surface area contributed by atoms with Gasteiger partial charge in [0.25, 0.3) is 0 Å². The van der Waals surface area contributed by atoms with Crippen molar-refractivity contribution in [2.75, 3.05) is 13.2 Å². The summed E-state index contributed by atoms with van der Waals surface area (Å²) in [7, 11) is 0. The Morgan fingerprint density at radius 3 is 1.29 bits per heavy atom. The number of rotatable bonds is 26. The van der Waals surface area contributed by atoms with Crippen molar-refractivity contribution in [2.24, 2.45) is 0 Å². The van der Waals surface area contributed by atoms with Gasteiger partial charge in [-0.2, -0.15) is 0 Å². The quantitative estimate of drug-likeness (QED) is 0.0992. The Hall–Kier alpha value is -1.10. The molecule has 0 aliphatic carbocycles. The number of unbranched alkanes of at least 4 members (excludes halogenated alkanes) is 18. The lowest BCUT2D eigenvalue weighted by Gasteiger charge is -2.15. The molecule has 5 nitrogen and oxygen atoms in total. The van der Waals surface area contributed by atoms with Crippen LogP contribution in [0.4, 0.5) is 0 Å². The molecule has 0 heterocycles.